The molecule has 3 fully saturated rings. The highest BCUT2D eigenvalue weighted by molar-refractivity contribution is 7.93. The van der Waals surface area contributed by atoms with E-state index in [2.05, 4.69) is 17.0 Å². The van der Waals surface area contributed by atoms with Crippen LogP contribution in [0.15, 0.2) is 18.2 Å². The molecule has 128 valence electrons. The summed E-state index contributed by atoms with van der Waals surface area (Å²) in [5, 5.41) is 3.00. The average molecular weight is 361 g/mol. The first-order valence-electron chi connectivity index (χ1n) is 8.02. The van der Waals surface area contributed by atoms with Crippen LogP contribution < -0.4 is 10.0 Å². The van der Waals surface area contributed by atoms with Gasteiger partial charge in [0.05, 0.1) is 10.9 Å². The van der Waals surface area contributed by atoms with Crippen molar-refractivity contribution >= 4 is 28.1 Å². The zero-order valence-electron chi connectivity index (χ0n) is 13.0. The quantitative estimate of drug-likeness (QED) is 0.848. The maximum Gasteiger partial charge on any atom is 0.235 e. The molecule has 23 heavy (non-hydrogen) atoms. The van der Waals surface area contributed by atoms with Gasteiger partial charge in [0, 0.05) is 5.41 Å². The molecule has 0 radical (unpaired) electrons. The first kappa shape index (κ1) is 17.0. The number of hydrogen-bond donors (Lipinski definition) is 2. The van der Waals surface area contributed by atoms with Gasteiger partial charge >= 0.3 is 0 Å². The summed E-state index contributed by atoms with van der Waals surface area (Å²) in [6, 6.07) is 5.12. The third-order valence-corrected chi connectivity index (χ3v) is 7.58. The molecule has 4 rings (SSSR count). The fraction of sp³-hybridized carbons (Fsp3) is 0.625. The lowest BCUT2D eigenvalue weighted by Gasteiger charge is -2.22. The number of sulfonamides is 1. The molecule has 2 N–H and O–H groups in total. The average Bonchev–Trinajstić information content (AvgIpc) is 3.39. The van der Waals surface area contributed by atoms with Gasteiger partial charge in [-0.05, 0) is 55.8 Å². The van der Waals surface area contributed by atoms with Crippen molar-refractivity contribution in [3.05, 3.63) is 29.6 Å². The lowest BCUT2D eigenvalue weighted by atomic mass is 9.87. The molecule has 0 spiro atoms. The van der Waals surface area contributed by atoms with Crippen LogP contribution in [0.3, 0.4) is 0 Å². The molecule has 0 bridgehead atoms. The first-order valence-corrected chi connectivity index (χ1v) is 9.56. The Morgan fingerprint density at radius 3 is 2.52 bits per heavy atom. The van der Waals surface area contributed by atoms with Crippen molar-refractivity contribution in [3.63, 3.8) is 0 Å². The van der Waals surface area contributed by atoms with E-state index >= 15 is 0 Å². The lowest BCUT2D eigenvalue weighted by molar-refractivity contribution is 0.474. The van der Waals surface area contributed by atoms with Crippen molar-refractivity contribution in [1.29, 1.82) is 0 Å². The van der Waals surface area contributed by atoms with Crippen molar-refractivity contribution in [2.24, 2.45) is 11.8 Å². The SMILES string of the molecule is CCC1(c2cccc(NS(=O)(=O)C3CC3)c2F)C2CNCC21.Cl. The van der Waals surface area contributed by atoms with Crippen LogP contribution in [0.2, 0.25) is 0 Å². The summed E-state index contributed by atoms with van der Waals surface area (Å²) in [6.07, 6.45) is 2.23. The second-order valence-electron chi connectivity index (χ2n) is 6.78. The van der Waals surface area contributed by atoms with Crippen LogP contribution in [-0.4, -0.2) is 26.8 Å². The Morgan fingerprint density at radius 1 is 1.30 bits per heavy atom. The van der Waals surface area contributed by atoms with Crippen LogP contribution in [0.5, 0.6) is 0 Å². The molecule has 4 nitrogen and oxygen atoms in total. The minimum Gasteiger partial charge on any atom is -0.316 e. The molecule has 7 heteroatoms. The molecule has 1 aromatic carbocycles. The van der Waals surface area contributed by atoms with Gasteiger partial charge in [-0.2, -0.15) is 0 Å². The number of halogens is 2. The number of rotatable bonds is 5. The van der Waals surface area contributed by atoms with E-state index in [0.29, 0.717) is 30.2 Å². The molecule has 1 saturated heterocycles. The van der Waals surface area contributed by atoms with Crippen LogP contribution in [0.4, 0.5) is 10.1 Å². The van der Waals surface area contributed by atoms with Crippen molar-refractivity contribution in [1.82, 2.24) is 5.32 Å². The van der Waals surface area contributed by atoms with Crippen LogP contribution in [0.25, 0.3) is 0 Å². The Balaban J connectivity index is 0.00000156. The number of fused-ring (bicyclic) bond motifs is 1. The predicted octanol–water partition coefficient (Wildman–Crippen LogP) is 2.65. The van der Waals surface area contributed by atoms with Gasteiger partial charge < -0.3 is 5.32 Å². The van der Waals surface area contributed by atoms with Gasteiger partial charge in [0.2, 0.25) is 10.0 Å². The largest absolute Gasteiger partial charge is 0.316 e. The third-order valence-electron chi connectivity index (χ3n) is 5.73. The number of benzene rings is 1. The molecule has 2 aliphatic carbocycles. The number of hydrogen-bond acceptors (Lipinski definition) is 3. The fourth-order valence-corrected chi connectivity index (χ4v) is 5.73. The number of anilines is 1. The van der Waals surface area contributed by atoms with Crippen LogP contribution in [0.1, 0.15) is 31.7 Å². The third kappa shape index (κ3) is 2.46. The summed E-state index contributed by atoms with van der Waals surface area (Å²) >= 11 is 0. The van der Waals surface area contributed by atoms with Crippen molar-refractivity contribution in [2.45, 2.75) is 36.9 Å². The number of nitrogens with one attached hydrogen (secondary N) is 2. The molecular weight excluding hydrogens is 339 g/mol. The van der Waals surface area contributed by atoms with Gasteiger partial charge in [0.25, 0.3) is 0 Å². The van der Waals surface area contributed by atoms with Gasteiger partial charge in [0.1, 0.15) is 0 Å². The van der Waals surface area contributed by atoms with Gasteiger partial charge in [0.15, 0.2) is 5.82 Å². The molecular formula is C16H22ClFN2O2S. The summed E-state index contributed by atoms with van der Waals surface area (Å²) < 4.78 is 41.6. The Labute approximate surface area is 142 Å². The molecule has 2 atom stereocenters. The Kier molecular flexibility index (Phi) is 4.14. The van der Waals surface area contributed by atoms with E-state index < -0.39 is 10.0 Å². The highest BCUT2D eigenvalue weighted by Crippen LogP contribution is 2.64. The first-order chi connectivity index (χ1) is 10.5. The minimum absolute atomic E-state index is 0. The minimum atomic E-state index is -3.43. The van der Waals surface area contributed by atoms with Crippen LogP contribution >= 0.6 is 12.4 Å². The molecule has 2 unspecified atom stereocenters. The Hall–Kier alpha value is -0.850. The number of piperidine rings is 1. The molecule has 1 heterocycles. The van der Waals surface area contributed by atoms with Crippen molar-refractivity contribution < 1.29 is 12.8 Å². The zero-order chi connectivity index (χ0) is 15.5. The maximum absolute atomic E-state index is 15.0. The predicted molar refractivity (Wildman–Crippen MR) is 91.0 cm³/mol. The molecule has 3 aliphatic rings. The standard InChI is InChI=1S/C16H21FN2O2S.ClH/c1-2-16(12-8-18-9-13(12)16)11-4-3-5-14(15(11)17)19-22(20,21)10-6-7-10;/h3-5,10,12-13,18-19H,2,6-9H2,1H3;1H. The summed E-state index contributed by atoms with van der Waals surface area (Å²) in [5.74, 6) is 0.563. The second-order valence-corrected chi connectivity index (χ2v) is 8.74. The summed E-state index contributed by atoms with van der Waals surface area (Å²) in [5.41, 5.74) is 0.675. The van der Waals surface area contributed by atoms with Crippen LogP contribution in [0, 0.1) is 17.7 Å². The van der Waals surface area contributed by atoms with E-state index in [1.54, 1.807) is 6.07 Å². The van der Waals surface area contributed by atoms with Gasteiger partial charge in [-0.3, -0.25) is 4.72 Å². The molecule has 0 aromatic heterocycles. The van der Waals surface area contributed by atoms with Crippen LogP contribution in [-0.2, 0) is 15.4 Å². The summed E-state index contributed by atoms with van der Waals surface area (Å²) in [4.78, 5) is 0. The molecule has 1 aliphatic heterocycles. The topological polar surface area (TPSA) is 58.2 Å². The Morgan fingerprint density at radius 2 is 1.96 bits per heavy atom. The normalized spacial score (nSPS) is 32.1. The highest BCUT2D eigenvalue weighted by Gasteiger charge is 2.66. The Bertz CT molecular complexity index is 711. The van der Waals surface area contributed by atoms with Gasteiger partial charge in [-0.25, -0.2) is 12.8 Å². The van der Waals surface area contributed by atoms with E-state index in [4.69, 9.17) is 0 Å². The lowest BCUT2D eigenvalue weighted by Crippen LogP contribution is -2.26. The van der Waals surface area contributed by atoms with Crippen molar-refractivity contribution in [2.75, 3.05) is 17.8 Å². The van der Waals surface area contributed by atoms with E-state index in [1.165, 1.54) is 6.07 Å². The molecule has 1 aromatic rings. The fourth-order valence-electron chi connectivity index (χ4n) is 4.35. The zero-order valence-corrected chi connectivity index (χ0v) is 14.6. The van der Waals surface area contributed by atoms with Gasteiger partial charge in [-0.15, -0.1) is 12.4 Å². The second kappa shape index (κ2) is 5.60. The van der Waals surface area contributed by atoms with E-state index in [0.717, 1.165) is 19.5 Å². The van der Waals surface area contributed by atoms with E-state index in [1.807, 2.05) is 6.07 Å². The van der Waals surface area contributed by atoms with Gasteiger partial charge in [-0.1, -0.05) is 19.1 Å². The maximum atomic E-state index is 15.0. The summed E-state index contributed by atoms with van der Waals surface area (Å²) in [7, 11) is -3.43. The van der Waals surface area contributed by atoms with Crippen molar-refractivity contribution in [3.8, 4) is 0 Å². The molecule has 2 saturated carbocycles. The highest BCUT2D eigenvalue weighted by atomic mass is 35.5. The van der Waals surface area contributed by atoms with E-state index in [-0.39, 0.29) is 34.6 Å². The van der Waals surface area contributed by atoms with E-state index in [9.17, 15) is 12.8 Å². The monoisotopic (exact) mass is 360 g/mol. The molecule has 0 amide bonds. The smallest absolute Gasteiger partial charge is 0.235 e. The summed E-state index contributed by atoms with van der Waals surface area (Å²) in [6.45, 7) is 3.95.